The van der Waals surface area contributed by atoms with Gasteiger partial charge in [-0.1, -0.05) is 6.92 Å². The normalized spacial score (nSPS) is 27.6. The van der Waals surface area contributed by atoms with Gasteiger partial charge in [0.1, 0.15) is 5.37 Å². The Morgan fingerprint density at radius 3 is 2.71 bits per heavy atom. The van der Waals surface area contributed by atoms with Crippen LogP contribution in [0.15, 0.2) is 0 Å². The molecule has 5 nitrogen and oxygen atoms in total. The fraction of sp³-hybridized carbons (Fsp3) is 1.00. The van der Waals surface area contributed by atoms with Crippen LogP contribution in [0.1, 0.15) is 19.8 Å². The van der Waals surface area contributed by atoms with Crippen molar-refractivity contribution in [2.75, 3.05) is 57.2 Å². The van der Waals surface area contributed by atoms with E-state index in [9.17, 15) is 8.42 Å². The number of ether oxygens (including phenoxy) is 1. The van der Waals surface area contributed by atoms with E-state index in [0.29, 0.717) is 5.75 Å². The van der Waals surface area contributed by atoms with E-state index in [0.717, 1.165) is 58.0 Å². The fourth-order valence-electron chi connectivity index (χ4n) is 3.21. The van der Waals surface area contributed by atoms with E-state index in [2.05, 4.69) is 17.1 Å². The summed E-state index contributed by atoms with van der Waals surface area (Å²) in [7, 11) is -3.02. The van der Waals surface area contributed by atoms with Crippen LogP contribution in [0, 0.1) is 5.41 Å². The standard InChI is InChI=1S/C14H28N2O3S2/c1-3-15-11-14(4-7-19-8-5-14)12-16-6-9-20-10-13(16)21(2,17)18/h13,15H,3-12H2,1-2H3. The molecular weight excluding hydrogens is 308 g/mol. The van der Waals surface area contributed by atoms with Gasteiger partial charge in [-0.25, -0.2) is 8.42 Å². The Labute approximate surface area is 133 Å². The molecule has 0 aliphatic carbocycles. The van der Waals surface area contributed by atoms with Crippen LogP contribution in [0.2, 0.25) is 0 Å². The van der Waals surface area contributed by atoms with E-state index in [4.69, 9.17) is 4.74 Å². The molecule has 124 valence electrons. The molecule has 0 aromatic heterocycles. The number of nitrogens with one attached hydrogen (secondary N) is 1. The van der Waals surface area contributed by atoms with E-state index in [1.54, 1.807) is 11.8 Å². The van der Waals surface area contributed by atoms with E-state index in [1.807, 2.05) is 0 Å². The minimum absolute atomic E-state index is 0.152. The topological polar surface area (TPSA) is 58.6 Å². The third-order valence-electron chi connectivity index (χ3n) is 4.53. The highest BCUT2D eigenvalue weighted by atomic mass is 32.2. The molecule has 1 atom stereocenters. The molecule has 2 heterocycles. The molecule has 2 rings (SSSR count). The molecule has 0 spiro atoms. The van der Waals surface area contributed by atoms with Gasteiger partial charge in [0.25, 0.3) is 0 Å². The van der Waals surface area contributed by atoms with Crippen LogP contribution in [0.5, 0.6) is 0 Å². The molecule has 7 heteroatoms. The molecule has 1 N–H and O–H groups in total. The third-order valence-corrected chi connectivity index (χ3v) is 7.21. The quantitative estimate of drug-likeness (QED) is 0.775. The van der Waals surface area contributed by atoms with Crippen molar-refractivity contribution in [2.24, 2.45) is 5.41 Å². The number of hydrogen-bond donors (Lipinski definition) is 1. The van der Waals surface area contributed by atoms with Gasteiger partial charge in [-0.05, 0) is 24.8 Å². The number of sulfone groups is 1. The maximum Gasteiger partial charge on any atom is 0.164 e. The molecule has 2 fully saturated rings. The summed E-state index contributed by atoms with van der Waals surface area (Å²) in [4.78, 5) is 2.20. The Morgan fingerprint density at radius 1 is 1.38 bits per heavy atom. The van der Waals surface area contributed by atoms with Gasteiger partial charge in [-0.3, -0.25) is 4.90 Å². The van der Waals surface area contributed by atoms with Gasteiger partial charge in [-0.2, -0.15) is 11.8 Å². The Hall–Kier alpha value is 0.180. The highest BCUT2D eigenvalue weighted by Crippen LogP contribution is 2.33. The van der Waals surface area contributed by atoms with Gasteiger partial charge in [0.15, 0.2) is 9.84 Å². The summed E-state index contributed by atoms with van der Waals surface area (Å²) in [6.07, 6.45) is 3.40. The monoisotopic (exact) mass is 336 g/mol. The minimum atomic E-state index is -3.02. The smallest absolute Gasteiger partial charge is 0.164 e. The Morgan fingerprint density at radius 2 is 2.10 bits per heavy atom. The van der Waals surface area contributed by atoms with Crippen LogP contribution in [0.25, 0.3) is 0 Å². The molecule has 0 saturated carbocycles. The lowest BCUT2D eigenvalue weighted by molar-refractivity contribution is -0.00483. The highest BCUT2D eigenvalue weighted by molar-refractivity contribution is 8.00. The zero-order valence-corrected chi connectivity index (χ0v) is 14.8. The summed E-state index contributed by atoms with van der Waals surface area (Å²) in [5.74, 6) is 1.73. The average molecular weight is 337 g/mol. The highest BCUT2D eigenvalue weighted by Gasteiger charge is 2.39. The molecule has 0 bridgehead atoms. The summed E-state index contributed by atoms with van der Waals surface area (Å²) in [6, 6.07) is 0. The zero-order valence-electron chi connectivity index (χ0n) is 13.1. The summed E-state index contributed by atoms with van der Waals surface area (Å²) in [5, 5.41) is 3.14. The second kappa shape index (κ2) is 7.64. The Balaban J connectivity index is 2.09. The first kappa shape index (κ1) is 17.5. The van der Waals surface area contributed by atoms with Crippen LogP contribution < -0.4 is 5.32 Å². The molecule has 2 aliphatic rings. The average Bonchev–Trinajstić information content (AvgIpc) is 2.46. The van der Waals surface area contributed by atoms with Gasteiger partial charge in [0.2, 0.25) is 0 Å². The van der Waals surface area contributed by atoms with Gasteiger partial charge < -0.3 is 10.1 Å². The van der Waals surface area contributed by atoms with Crippen LogP contribution in [0.4, 0.5) is 0 Å². The lowest BCUT2D eigenvalue weighted by Crippen LogP contribution is -2.54. The number of rotatable bonds is 6. The first-order valence-electron chi connectivity index (χ1n) is 7.76. The molecule has 2 aliphatic heterocycles. The van der Waals surface area contributed by atoms with Crippen LogP contribution in [-0.2, 0) is 14.6 Å². The first-order chi connectivity index (χ1) is 9.97. The van der Waals surface area contributed by atoms with Crippen molar-refractivity contribution >= 4 is 21.6 Å². The first-order valence-corrected chi connectivity index (χ1v) is 10.9. The summed E-state index contributed by atoms with van der Waals surface area (Å²) < 4.78 is 29.6. The number of nitrogens with zero attached hydrogens (tertiary/aromatic N) is 1. The van der Waals surface area contributed by atoms with Crippen molar-refractivity contribution in [1.29, 1.82) is 0 Å². The zero-order chi connectivity index (χ0) is 15.3. The molecule has 0 aromatic carbocycles. The SMILES string of the molecule is CCNCC1(CN2CCSCC2S(C)(=O)=O)CCOCC1. The van der Waals surface area contributed by atoms with E-state index < -0.39 is 9.84 Å². The van der Waals surface area contributed by atoms with Crippen molar-refractivity contribution in [1.82, 2.24) is 10.2 Å². The summed E-state index contributed by atoms with van der Waals surface area (Å²) >= 11 is 1.75. The fourth-order valence-corrected chi connectivity index (χ4v) is 6.15. The lowest BCUT2D eigenvalue weighted by atomic mass is 9.79. The van der Waals surface area contributed by atoms with Crippen molar-refractivity contribution in [3.63, 3.8) is 0 Å². The molecule has 21 heavy (non-hydrogen) atoms. The van der Waals surface area contributed by atoms with E-state index in [1.165, 1.54) is 6.26 Å². The molecule has 0 aromatic rings. The Bertz CT molecular complexity index is 422. The van der Waals surface area contributed by atoms with Crippen molar-refractivity contribution < 1.29 is 13.2 Å². The third kappa shape index (κ3) is 4.82. The predicted molar refractivity (Wildman–Crippen MR) is 88.6 cm³/mol. The van der Waals surface area contributed by atoms with Gasteiger partial charge >= 0.3 is 0 Å². The minimum Gasteiger partial charge on any atom is -0.381 e. The van der Waals surface area contributed by atoms with E-state index >= 15 is 0 Å². The molecule has 2 saturated heterocycles. The Kier molecular flexibility index (Phi) is 6.38. The maximum absolute atomic E-state index is 12.1. The molecule has 1 unspecified atom stereocenters. The van der Waals surface area contributed by atoms with Crippen LogP contribution in [0.3, 0.4) is 0 Å². The largest absolute Gasteiger partial charge is 0.381 e. The van der Waals surface area contributed by atoms with Crippen LogP contribution >= 0.6 is 11.8 Å². The van der Waals surface area contributed by atoms with Gasteiger partial charge in [0.05, 0.1) is 0 Å². The number of thioether (sulfide) groups is 1. The van der Waals surface area contributed by atoms with Crippen molar-refractivity contribution in [3.8, 4) is 0 Å². The lowest BCUT2D eigenvalue weighted by Gasteiger charge is -2.44. The van der Waals surface area contributed by atoms with Crippen LogP contribution in [-0.4, -0.2) is 75.8 Å². The van der Waals surface area contributed by atoms with Gasteiger partial charge in [0, 0.05) is 50.6 Å². The summed E-state index contributed by atoms with van der Waals surface area (Å²) in [6.45, 7) is 7.33. The second-order valence-corrected chi connectivity index (χ2v) is 9.58. The predicted octanol–water partition coefficient (Wildman–Crippen LogP) is 0.812. The maximum atomic E-state index is 12.1. The molecule has 0 radical (unpaired) electrons. The summed E-state index contributed by atoms with van der Waals surface area (Å²) in [5.41, 5.74) is 0.152. The molecule has 0 amide bonds. The van der Waals surface area contributed by atoms with Gasteiger partial charge in [-0.15, -0.1) is 0 Å². The number of hydrogen-bond acceptors (Lipinski definition) is 6. The second-order valence-electron chi connectivity index (χ2n) is 6.22. The van der Waals surface area contributed by atoms with Crippen molar-refractivity contribution in [3.05, 3.63) is 0 Å². The van der Waals surface area contributed by atoms with E-state index in [-0.39, 0.29) is 10.8 Å². The molecular formula is C14H28N2O3S2. The van der Waals surface area contributed by atoms with Crippen molar-refractivity contribution in [2.45, 2.75) is 25.1 Å².